The van der Waals surface area contributed by atoms with Crippen LogP contribution in [0.25, 0.3) is 0 Å². The maximum absolute atomic E-state index is 13.2. The van der Waals surface area contributed by atoms with E-state index in [-0.39, 0.29) is 11.9 Å². The molecule has 1 aromatic carbocycles. The number of piperidine rings is 1. The fourth-order valence-corrected chi connectivity index (χ4v) is 4.13. The van der Waals surface area contributed by atoms with E-state index in [9.17, 15) is 9.59 Å². The summed E-state index contributed by atoms with van der Waals surface area (Å²) in [5, 5.41) is 0. The molecule has 3 heterocycles. The van der Waals surface area contributed by atoms with Gasteiger partial charge in [-0.1, -0.05) is 30.3 Å². The minimum absolute atomic E-state index is 0.0533. The topological polar surface area (TPSA) is 56.8 Å². The van der Waals surface area contributed by atoms with Crippen LogP contribution in [0, 0.1) is 0 Å². The average Bonchev–Trinajstić information content (AvgIpc) is 2.87. The van der Waals surface area contributed by atoms with E-state index in [4.69, 9.17) is 0 Å². The number of pyridine rings is 1. The van der Waals surface area contributed by atoms with Crippen LogP contribution in [0.15, 0.2) is 54.9 Å². The Bertz CT molecular complexity index is 817. The number of amides is 3. The molecule has 0 atom stereocenters. The van der Waals surface area contributed by atoms with E-state index in [0.29, 0.717) is 19.4 Å². The lowest BCUT2D eigenvalue weighted by molar-refractivity contribution is -0.135. The van der Waals surface area contributed by atoms with Crippen LogP contribution in [0.5, 0.6) is 0 Å². The quantitative estimate of drug-likeness (QED) is 0.783. The molecular formula is C21H24N4O2. The van der Waals surface area contributed by atoms with Gasteiger partial charge in [-0.25, -0.2) is 4.79 Å². The average molecular weight is 364 g/mol. The third-order valence-corrected chi connectivity index (χ3v) is 5.83. The number of hydrogen-bond acceptors (Lipinski definition) is 4. The van der Waals surface area contributed by atoms with E-state index >= 15 is 0 Å². The summed E-state index contributed by atoms with van der Waals surface area (Å²) in [4.78, 5) is 35.5. The number of likely N-dealkylation sites (tertiary alicyclic amines) is 1. The van der Waals surface area contributed by atoms with Crippen LogP contribution in [-0.2, 0) is 17.9 Å². The number of carbonyl (C=O) groups is 2. The summed E-state index contributed by atoms with van der Waals surface area (Å²) in [5.41, 5.74) is 1.49. The molecule has 2 aromatic rings. The third kappa shape index (κ3) is 3.21. The Kier molecular flexibility index (Phi) is 4.66. The molecular weight excluding hydrogens is 340 g/mol. The summed E-state index contributed by atoms with van der Waals surface area (Å²) < 4.78 is 0. The normalized spacial score (nSPS) is 19.9. The van der Waals surface area contributed by atoms with Crippen molar-refractivity contribution < 1.29 is 9.59 Å². The number of imide groups is 1. The zero-order valence-corrected chi connectivity index (χ0v) is 15.5. The molecule has 1 spiro atoms. The summed E-state index contributed by atoms with van der Waals surface area (Å²) in [6.45, 7) is 2.78. The van der Waals surface area contributed by atoms with Gasteiger partial charge in [-0.15, -0.1) is 0 Å². The number of carbonyl (C=O) groups excluding carboxylic acids is 2. The van der Waals surface area contributed by atoms with Crippen LogP contribution in [-0.4, -0.2) is 57.3 Å². The number of rotatable bonds is 4. The van der Waals surface area contributed by atoms with E-state index in [0.717, 1.165) is 25.2 Å². The molecule has 2 aliphatic heterocycles. The highest BCUT2D eigenvalue weighted by Gasteiger charge is 2.56. The molecule has 27 heavy (non-hydrogen) atoms. The van der Waals surface area contributed by atoms with Gasteiger partial charge in [-0.2, -0.15) is 0 Å². The van der Waals surface area contributed by atoms with Gasteiger partial charge in [0.2, 0.25) is 0 Å². The van der Waals surface area contributed by atoms with Crippen molar-refractivity contribution in [3.8, 4) is 0 Å². The first-order valence-electron chi connectivity index (χ1n) is 9.35. The molecule has 0 radical (unpaired) electrons. The molecule has 0 bridgehead atoms. The molecule has 2 saturated heterocycles. The summed E-state index contributed by atoms with van der Waals surface area (Å²) in [6, 6.07) is 13.5. The Morgan fingerprint density at radius 1 is 0.926 bits per heavy atom. The van der Waals surface area contributed by atoms with Crippen molar-refractivity contribution in [2.45, 2.75) is 31.5 Å². The van der Waals surface area contributed by atoms with Crippen LogP contribution in [0.3, 0.4) is 0 Å². The molecule has 1 aromatic heterocycles. The van der Waals surface area contributed by atoms with Crippen LogP contribution < -0.4 is 0 Å². The first kappa shape index (κ1) is 17.7. The standard InChI is InChI=1S/C21H24N4O2/c1-23-20(27)25(16-17-5-3-2-4-6-17)19(26)21(23)9-13-24(14-10-21)15-18-7-11-22-12-8-18/h2-8,11-12H,9-10,13-16H2,1H3. The molecule has 140 valence electrons. The summed E-state index contributed by atoms with van der Waals surface area (Å²) >= 11 is 0. The highest BCUT2D eigenvalue weighted by molar-refractivity contribution is 6.06. The van der Waals surface area contributed by atoms with Gasteiger partial charge in [0.15, 0.2) is 0 Å². The van der Waals surface area contributed by atoms with Crippen molar-refractivity contribution in [1.82, 2.24) is 19.7 Å². The predicted molar refractivity (Wildman–Crippen MR) is 102 cm³/mol. The Labute approximate surface area is 159 Å². The SMILES string of the molecule is CN1C(=O)N(Cc2ccccc2)C(=O)C12CCN(Cc1ccncc1)CC2. The van der Waals surface area contributed by atoms with Gasteiger partial charge in [-0.05, 0) is 36.1 Å². The van der Waals surface area contributed by atoms with E-state index < -0.39 is 5.54 Å². The lowest BCUT2D eigenvalue weighted by Crippen LogP contribution is -2.55. The van der Waals surface area contributed by atoms with Crippen molar-refractivity contribution in [1.29, 1.82) is 0 Å². The van der Waals surface area contributed by atoms with Gasteiger partial charge in [0.25, 0.3) is 5.91 Å². The highest BCUT2D eigenvalue weighted by Crippen LogP contribution is 2.37. The minimum Gasteiger partial charge on any atom is -0.312 e. The molecule has 0 aliphatic carbocycles. The Morgan fingerprint density at radius 2 is 1.56 bits per heavy atom. The molecule has 6 nitrogen and oxygen atoms in total. The number of nitrogens with zero attached hydrogens (tertiary/aromatic N) is 4. The summed E-state index contributed by atoms with van der Waals surface area (Å²) in [7, 11) is 1.77. The smallest absolute Gasteiger partial charge is 0.312 e. The number of hydrogen-bond donors (Lipinski definition) is 0. The maximum Gasteiger partial charge on any atom is 0.327 e. The molecule has 3 amide bonds. The number of likely N-dealkylation sites (N-methyl/N-ethyl adjacent to an activating group) is 1. The monoisotopic (exact) mass is 364 g/mol. The van der Waals surface area contributed by atoms with E-state index in [1.165, 1.54) is 10.5 Å². The largest absolute Gasteiger partial charge is 0.327 e. The fraction of sp³-hybridized carbons (Fsp3) is 0.381. The molecule has 0 saturated carbocycles. The first-order valence-corrected chi connectivity index (χ1v) is 9.35. The van der Waals surface area contributed by atoms with Gasteiger partial charge in [0.1, 0.15) is 5.54 Å². The van der Waals surface area contributed by atoms with Crippen molar-refractivity contribution in [2.75, 3.05) is 20.1 Å². The third-order valence-electron chi connectivity index (χ3n) is 5.83. The van der Waals surface area contributed by atoms with E-state index in [2.05, 4.69) is 9.88 Å². The zero-order chi connectivity index (χ0) is 18.9. The van der Waals surface area contributed by atoms with Crippen LogP contribution in [0.1, 0.15) is 24.0 Å². The maximum atomic E-state index is 13.2. The second-order valence-corrected chi connectivity index (χ2v) is 7.38. The van der Waals surface area contributed by atoms with Crippen molar-refractivity contribution in [3.63, 3.8) is 0 Å². The second-order valence-electron chi connectivity index (χ2n) is 7.38. The fourth-order valence-electron chi connectivity index (χ4n) is 4.13. The number of urea groups is 1. The number of aromatic nitrogens is 1. The highest BCUT2D eigenvalue weighted by atomic mass is 16.2. The molecule has 2 aliphatic rings. The second kappa shape index (κ2) is 7.12. The summed E-state index contributed by atoms with van der Waals surface area (Å²) in [5.74, 6) is -0.0533. The van der Waals surface area contributed by atoms with Gasteiger partial charge >= 0.3 is 6.03 Å². The van der Waals surface area contributed by atoms with Gasteiger partial charge < -0.3 is 4.90 Å². The van der Waals surface area contributed by atoms with E-state index in [1.807, 2.05) is 42.5 Å². The van der Waals surface area contributed by atoms with Crippen LogP contribution in [0.4, 0.5) is 4.79 Å². The molecule has 0 unspecified atom stereocenters. The lowest BCUT2D eigenvalue weighted by Gasteiger charge is -2.40. The van der Waals surface area contributed by atoms with Crippen molar-refractivity contribution in [2.24, 2.45) is 0 Å². The predicted octanol–water partition coefficient (Wildman–Crippen LogP) is 2.51. The number of benzene rings is 1. The molecule has 4 rings (SSSR count). The van der Waals surface area contributed by atoms with Crippen molar-refractivity contribution >= 4 is 11.9 Å². The van der Waals surface area contributed by atoms with Crippen molar-refractivity contribution in [3.05, 3.63) is 66.0 Å². The molecule has 0 N–H and O–H groups in total. The molecule has 2 fully saturated rings. The van der Waals surface area contributed by atoms with E-state index in [1.54, 1.807) is 24.3 Å². The molecule has 6 heteroatoms. The van der Waals surface area contributed by atoms with Crippen LogP contribution in [0.2, 0.25) is 0 Å². The minimum atomic E-state index is -0.694. The first-order chi connectivity index (χ1) is 13.1. The Hall–Kier alpha value is -2.73. The van der Waals surface area contributed by atoms with Gasteiger partial charge in [0, 0.05) is 39.1 Å². The van der Waals surface area contributed by atoms with Crippen LogP contribution >= 0.6 is 0 Å². The summed E-state index contributed by atoms with van der Waals surface area (Å²) in [6.07, 6.45) is 4.94. The Balaban J connectivity index is 1.45. The zero-order valence-electron chi connectivity index (χ0n) is 15.5. The Morgan fingerprint density at radius 3 is 2.22 bits per heavy atom. The van der Waals surface area contributed by atoms with Gasteiger partial charge in [0.05, 0.1) is 6.54 Å². The lowest BCUT2D eigenvalue weighted by atomic mass is 9.86. The van der Waals surface area contributed by atoms with Gasteiger partial charge in [-0.3, -0.25) is 19.6 Å².